The van der Waals surface area contributed by atoms with Crippen LogP contribution in [0, 0.1) is 5.82 Å². The minimum Gasteiger partial charge on any atom is -0.383 e. The van der Waals surface area contributed by atoms with E-state index in [1.807, 2.05) is 0 Å². The molecular formula is C16H21FN4O2S. The topological polar surface area (TPSA) is 68.2 Å². The molecule has 0 aliphatic carbocycles. The summed E-state index contributed by atoms with van der Waals surface area (Å²) in [4.78, 5) is 12.8. The largest absolute Gasteiger partial charge is 0.383 e. The van der Waals surface area contributed by atoms with Crippen molar-refractivity contribution in [3.05, 3.63) is 42.3 Å². The molecule has 8 heteroatoms. The maximum Gasteiger partial charge on any atom is 0.320 e. The van der Waals surface area contributed by atoms with Gasteiger partial charge in [-0.15, -0.1) is 11.8 Å². The number of halogens is 1. The zero-order valence-corrected chi connectivity index (χ0v) is 14.3. The lowest BCUT2D eigenvalue weighted by Crippen LogP contribution is -2.30. The number of aromatic nitrogens is 2. The average Bonchev–Trinajstić information content (AvgIpc) is 3.01. The van der Waals surface area contributed by atoms with E-state index in [0.717, 1.165) is 17.1 Å². The lowest BCUT2D eigenvalue weighted by Gasteiger charge is -2.06. The van der Waals surface area contributed by atoms with Crippen molar-refractivity contribution in [1.82, 2.24) is 15.1 Å². The Hall–Kier alpha value is -2.06. The summed E-state index contributed by atoms with van der Waals surface area (Å²) in [6, 6.07) is 7.85. The molecule has 0 radical (unpaired) electrons. The van der Waals surface area contributed by atoms with E-state index in [1.165, 1.54) is 12.1 Å². The predicted octanol–water partition coefficient (Wildman–Crippen LogP) is 2.97. The molecule has 2 rings (SSSR count). The van der Waals surface area contributed by atoms with Gasteiger partial charge in [-0.3, -0.25) is 10.00 Å². The summed E-state index contributed by atoms with van der Waals surface area (Å²) in [5.74, 6) is 1.11. The van der Waals surface area contributed by atoms with Crippen LogP contribution in [-0.2, 0) is 11.3 Å². The van der Waals surface area contributed by atoms with Crippen molar-refractivity contribution in [3.8, 4) is 0 Å². The van der Waals surface area contributed by atoms with Gasteiger partial charge >= 0.3 is 6.03 Å². The van der Waals surface area contributed by atoms with Crippen molar-refractivity contribution in [3.63, 3.8) is 0 Å². The summed E-state index contributed by atoms with van der Waals surface area (Å²) in [6.45, 7) is 1.77. The SMILES string of the molecule is COCCn1ccc(NC(=O)NCCCSc2ccc(F)cc2)n1. The molecule has 24 heavy (non-hydrogen) atoms. The summed E-state index contributed by atoms with van der Waals surface area (Å²) in [5.41, 5.74) is 0. The molecular weight excluding hydrogens is 331 g/mol. The number of thioether (sulfide) groups is 1. The standard InChI is InChI=1S/C16H21FN4O2S/c1-23-11-10-21-9-7-15(20-21)19-16(22)18-8-2-12-24-14-5-3-13(17)4-6-14/h3-7,9H,2,8,10-12H2,1H3,(H2,18,19,20,22). The summed E-state index contributed by atoms with van der Waals surface area (Å²) in [7, 11) is 1.63. The number of carbonyl (C=O) groups excluding carboxylic acids is 1. The maximum atomic E-state index is 12.8. The highest BCUT2D eigenvalue weighted by molar-refractivity contribution is 7.99. The van der Waals surface area contributed by atoms with Crippen LogP contribution in [0.4, 0.5) is 15.0 Å². The Balaban J connectivity index is 1.59. The number of rotatable bonds is 9. The van der Waals surface area contributed by atoms with Gasteiger partial charge in [0.15, 0.2) is 5.82 Å². The smallest absolute Gasteiger partial charge is 0.320 e. The van der Waals surface area contributed by atoms with E-state index < -0.39 is 0 Å². The molecule has 0 saturated carbocycles. The molecule has 2 aromatic rings. The first-order valence-electron chi connectivity index (χ1n) is 7.63. The van der Waals surface area contributed by atoms with Crippen LogP contribution < -0.4 is 10.6 Å². The molecule has 0 aliphatic heterocycles. The van der Waals surface area contributed by atoms with Crippen LogP contribution >= 0.6 is 11.8 Å². The molecule has 1 heterocycles. The highest BCUT2D eigenvalue weighted by Gasteiger charge is 2.04. The zero-order chi connectivity index (χ0) is 17.2. The van der Waals surface area contributed by atoms with E-state index in [1.54, 1.807) is 47.9 Å². The van der Waals surface area contributed by atoms with Gasteiger partial charge in [-0.25, -0.2) is 9.18 Å². The number of ether oxygens (including phenoxy) is 1. The number of hydrogen-bond acceptors (Lipinski definition) is 4. The van der Waals surface area contributed by atoms with E-state index in [0.29, 0.717) is 25.5 Å². The van der Waals surface area contributed by atoms with Crippen molar-refractivity contribution in [2.75, 3.05) is 31.3 Å². The van der Waals surface area contributed by atoms with Crippen LogP contribution in [0.15, 0.2) is 41.4 Å². The molecule has 0 spiro atoms. The third-order valence-electron chi connectivity index (χ3n) is 3.10. The fourth-order valence-corrected chi connectivity index (χ4v) is 2.75. The third kappa shape index (κ3) is 6.59. The fourth-order valence-electron chi connectivity index (χ4n) is 1.89. The van der Waals surface area contributed by atoms with Crippen LogP contribution in [-0.4, -0.2) is 41.8 Å². The van der Waals surface area contributed by atoms with Crippen molar-refractivity contribution in [1.29, 1.82) is 0 Å². The Kier molecular flexibility index (Phi) is 7.57. The van der Waals surface area contributed by atoms with Crippen LogP contribution in [0.2, 0.25) is 0 Å². The lowest BCUT2D eigenvalue weighted by atomic mass is 10.4. The van der Waals surface area contributed by atoms with Gasteiger partial charge in [-0.1, -0.05) is 0 Å². The fraction of sp³-hybridized carbons (Fsp3) is 0.375. The Morgan fingerprint density at radius 1 is 1.33 bits per heavy atom. The van der Waals surface area contributed by atoms with Gasteiger partial charge < -0.3 is 10.1 Å². The maximum absolute atomic E-state index is 12.8. The Labute approximate surface area is 144 Å². The molecule has 0 fully saturated rings. The summed E-state index contributed by atoms with van der Waals surface area (Å²) < 4.78 is 19.5. The number of carbonyl (C=O) groups is 1. The summed E-state index contributed by atoms with van der Waals surface area (Å²) >= 11 is 1.63. The predicted molar refractivity (Wildman–Crippen MR) is 92.9 cm³/mol. The van der Waals surface area contributed by atoms with Crippen molar-refractivity contribution >= 4 is 23.6 Å². The highest BCUT2D eigenvalue weighted by Crippen LogP contribution is 2.18. The van der Waals surface area contributed by atoms with Crippen molar-refractivity contribution in [2.24, 2.45) is 0 Å². The molecule has 0 atom stereocenters. The van der Waals surface area contributed by atoms with Crippen molar-refractivity contribution in [2.45, 2.75) is 17.9 Å². The molecule has 0 saturated heterocycles. The Morgan fingerprint density at radius 3 is 2.88 bits per heavy atom. The van der Waals surface area contributed by atoms with E-state index in [4.69, 9.17) is 4.74 Å². The van der Waals surface area contributed by atoms with Gasteiger partial charge in [0, 0.05) is 30.8 Å². The number of methoxy groups -OCH3 is 1. The number of nitrogens with zero attached hydrogens (tertiary/aromatic N) is 2. The quantitative estimate of drug-likeness (QED) is 0.538. The highest BCUT2D eigenvalue weighted by atomic mass is 32.2. The number of urea groups is 1. The second-order valence-electron chi connectivity index (χ2n) is 4.99. The molecule has 1 aromatic carbocycles. The van der Waals surface area contributed by atoms with Gasteiger partial charge in [0.25, 0.3) is 0 Å². The first-order chi connectivity index (χ1) is 11.7. The zero-order valence-electron chi connectivity index (χ0n) is 13.5. The molecule has 1 aromatic heterocycles. The van der Waals surface area contributed by atoms with Crippen LogP contribution in [0.5, 0.6) is 0 Å². The van der Waals surface area contributed by atoms with Crippen LogP contribution in [0.3, 0.4) is 0 Å². The van der Waals surface area contributed by atoms with Gasteiger partial charge in [0.2, 0.25) is 0 Å². The van der Waals surface area contributed by atoms with Gasteiger partial charge in [-0.2, -0.15) is 5.10 Å². The molecule has 2 amide bonds. The minimum atomic E-state index is -0.279. The lowest BCUT2D eigenvalue weighted by molar-refractivity contribution is 0.183. The Bertz CT molecular complexity index is 633. The van der Waals surface area contributed by atoms with Gasteiger partial charge in [0.05, 0.1) is 13.2 Å². The summed E-state index contributed by atoms with van der Waals surface area (Å²) in [5, 5.41) is 9.67. The van der Waals surface area contributed by atoms with E-state index >= 15 is 0 Å². The van der Waals surface area contributed by atoms with Gasteiger partial charge in [-0.05, 0) is 36.4 Å². The summed E-state index contributed by atoms with van der Waals surface area (Å²) in [6.07, 6.45) is 2.60. The number of anilines is 1. The van der Waals surface area contributed by atoms with E-state index in [2.05, 4.69) is 15.7 Å². The van der Waals surface area contributed by atoms with E-state index in [-0.39, 0.29) is 11.8 Å². The first-order valence-corrected chi connectivity index (χ1v) is 8.61. The molecule has 0 aliphatic rings. The molecule has 130 valence electrons. The van der Waals surface area contributed by atoms with Crippen molar-refractivity contribution < 1.29 is 13.9 Å². The monoisotopic (exact) mass is 352 g/mol. The Morgan fingerprint density at radius 2 is 2.12 bits per heavy atom. The first kappa shape index (κ1) is 18.3. The number of nitrogens with one attached hydrogen (secondary N) is 2. The number of amides is 2. The molecule has 2 N–H and O–H groups in total. The third-order valence-corrected chi connectivity index (χ3v) is 4.19. The number of hydrogen-bond donors (Lipinski definition) is 2. The van der Waals surface area contributed by atoms with E-state index in [9.17, 15) is 9.18 Å². The second-order valence-corrected chi connectivity index (χ2v) is 6.16. The normalized spacial score (nSPS) is 10.6. The minimum absolute atomic E-state index is 0.234. The molecule has 0 unspecified atom stereocenters. The average molecular weight is 352 g/mol. The molecule has 6 nitrogen and oxygen atoms in total. The van der Waals surface area contributed by atoms with Crippen LogP contribution in [0.25, 0.3) is 0 Å². The van der Waals surface area contributed by atoms with Crippen LogP contribution in [0.1, 0.15) is 6.42 Å². The second kappa shape index (κ2) is 9.94. The number of benzene rings is 1. The van der Waals surface area contributed by atoms with Gasteiger partial charge in [0.1, 0.15) is 5.82 Å². The molecule has 0 bridgehead atoms.